The largest absolute Gasteiger partial charge is 0.321 e. The highest BCUT2D eigenvalue weighted by atomic mass is 79.9. The van der Waals surface area contributed by atoms with Crippen LogP contribution in [-0.2, 0) is 21.1 Å². The molecule has 1 rings (SSSR count). The molecule has 7 heteroatoms. The summed E-state index contributed by atoms with van der Waals surface area (Å²) in [5, 5.41) is 1.89. The molecule has 1 heterocycles. The van der Waals surface area contributed by atoms with E-state index in [4.69, 9.17) is 5.73 Å². The molecular formula is C10H14BrNO3S2. The Balaban J connectivity index is 2.47. The minimum atomic E-state index is -3.06. The highest BCUT2D eigenvalue weighted by Crippen LogP contribution is 2.20. The van der Waals surface area contributed by atoms with Gasteiger partial charge in [-0.15, -0.1) is 11.3 Å². The summed E-state index contributed by atoms with van der Waals surface area (Å²) >= 11 is 4.78. The van der Waals surface area contributed by atoms with E-state index >= 15 is 0 Å². The van der Waals surface area contributed by atoms with Crippen molar-refractivity contribution in [3.05, 3.63) is 20.8 Å². The minimum absolute atomic E-state index is 0.0476. The fourth-order valence-electron chi connectivity index (χ4n) is 1.25. The Bertz CT molecular complexity index is 495. The van der Waals surface area contributed by atoms with Gasteiger partial charge in [-0.05, 0) is 28.4 Å². The molecule has 0 aliphatic rings. The van der Waals surface area contributed by atoms with Crippen LogP contribution in [0.15, 0.2) is 15.9 Å². The van der Waals surface area contributed by atoms with Crippen LogP contribution in [0.2, 0.25) is 0 Å². The van der Waals surface area contributed by atoms with Crippen LogP contribution in [0.25, 0.3) is 0 Å². The van der Waals surface area contributed by atoms with Gasteiger partial charge in [0.2, 0.25) is 0 Å². The van der Waals surface area contributed by atoms with Crippen molar-refractivity contribution < 1.29 is 13.2 Å². The van der Waals surface area contributed by atoms with Crippen molar-refractivity contribution in [1.29, 1.82) is 0 Å². The number of nitrogens with two attached hydrogens (primary N) is 1. The van der Waals surface area contributed by atoms with Crippen LogP contribution in [0, 0.1) is 0 Å². The van der Waals surface area contributed by atoms with Crippen LogP contribution in [0.3, 0.4) is 0 Å². The number of carbonyl (C=O) groups excluding carboxylic acids is 1. The summed E-state index contributed by atoms with van der Waals surface area (Å²) in [6, 6.07) is 1.16. The molecule has 0 radical (unpaired) electrons. The lowest BCUT2D eigenvalue weighted by Crippen LogP contribution is -2.33. The molecule has 0 aliphatic heterocycles. The maximum atomic E-state index is 11.7. The molecular weight excluding hydrogens is 326 g/mol. The predicted molar refractivity (Wildman–Crippen MR) is 73.0 cm³/mol. The maximum Gasteiger partial charge on any atom is 0.154 e. The predicted octanol–water partition coefficient (Wildman–Crippen LogP) is 1.38. The highest BCUT2D eigenvalue weighted by molar-refractivity contribution is 9.10. The van der Waals surface area contributed by atoms with Crippen LogP contribution in [0.1, 0.15) is 11.3 Å². The highest BCUT2D eigenvalue weighted by Gasteiger charge is 2.16. The van der Waals surface area contributed by atoms with Crippen molar-refractivity contribution in [3.8, 4) is 0 Å². The number of hydrogen-bond donors (Lipinski definition) is 1. The van der Waals surface area contributed by atoms with Crippen molar-refractivity contribution in [3.63, 3.8) is 0 Å². The third-order valence-corrected chi connectivity index (χ3v) is 4.86. The first kappa shape index (κ1) is 14.8. The molecule has 0 fully saturated rings. The van der Waals surface area contributed by atoms with E-state index < -0.39 is 15.9 Å². The standard InChI is InChI=1S/C10H14BrNO3S2/c1-17(14,15)3-2-9(12)10(13)5-8-4-7(11)6-16-8/h4,6,9H,2-3,5,12H2,1H3. The molecule has 1 aromatic heterocycles. The number of carbonyl (C=O) groups is 1. The molecule has 2 N–H and O–H groups in total. The van der Waals surface area contributed by atoms with Gasteiger partial charge in [0.1, 0.15) is 9.84 Å². The Hall–Kier alpha value is -0.240. The Morgan fingerprint density at radius 3 is 2.71 bits per heavy atom. The molecule has 17 heavy (non-hydrogen) atoms. The lowest BCUT2D eigenvalue weighted by atomic mass is 10.1. The van der Waals surface area contributed by atoms with Gasteiger partial charge in [-0.2, -0.15) is 0 Å². The summed E-state index contributed by atoms with van der Waals surface area (Å²) in [5.74, 6) is -0.170. The van der Waals surface area contributed by atoms with Gasteiger partial charge in [-0.25, -0.2) is 8.42 Å². The van der Waals surface area contributed by atoms with Crippen LogP contribution >= 0.6 is 27.3 Å². The first-order chi connectivity index (χ1) is 7.78. The van der Waals surface area contributed by atoms with Crippen LogP contribution in [-0.4, -0.2) is 32.3 Å². The second-order valence-corrected chi connectivity index (χ2v) is 8.07. The third kappa shape index (κ3) is 5.76. The molecule has 0 bridgehead atoms. The number of hydrogen-bond acceptors (Lipinski definition) is 5. The van der Waals surface area contributed by atoms with Crippen LogP contribution in [0.5, 0.6) is 0 Å². The Labute approximate surface area is 113 Å². The van der Waals surface area contributed by atoms with E-state index in [9.17, 15) is 13.2 Å². The number of sulfone groups is 1. The number of rotatable bonds is 6. The molecule has 0 aromatic carbocycles. The fourth-order valence-corrected chi connectivity index (χ4v) is 3.39. The monoisotopic (exact) mass is 339 g/mol. The zero-order chi connectivity index (χ0) is 13.1. The second-order valence-electron chi connectivity index (χ2n) is 3.90. The summed E-state index contributed by atoms with van der Waals surface area (Å²) < 4.78 is 22.8. The smallest absolute Gasteiger partial charge is 0.154 e. The normalized spacial score (nSPS) is 13.6. The topological polar surface area (TPSA) is 77.2 Å². The summed E-state index contributed by atoms with van der Waals surface area (Å²) in [6.45, 7) is 0. The number of ketones is 1. The summed E-state index contributed by atoms with van der Waals surface area (Å²) in [5.41, 5.74) is 5.66. The molecule has 1 aromatic rings. The van der Waals surface area contributed by atoms with Gasteiger partial charge in [0.15, 0.2) is 5.78 Å². The molecule has 0 saturated heterocycles. The minimum Gasteiger partial charge on any atom is -0.321 e. The average molecular weight is 340 g/mol. The summed E-state index contributed by atoms with van der Waals surface area (Å²) in [4.78, 5) is 12.6. The molecule has 1 atom stereocenters. The second kappa shape index (κ2) is 6.08. The molecule has 0 amide bonds. The molecule has 96 valence electrons. The van der Waals surface area contributed by atoms with Crippen molar-refractivity contribution in [1.82, 2.24) is 0 Å². The van der Waals surface area contributed by atoms with Crippen molar-refractivity contribution >= 4 is 42.9 Å². The summed E-state index contributed by atoms with van der Waals surface area (Å²) in [6.07, 6.45) is 1.59. The summed E-state index contributed by atoms with van der Waals surface area (Å²) in [7, 11) is -3.06. The van der Waals surface area contributed by atoms with Gasteiger partial charge in [0.25, 0.3) is 0 Å². The maximum absolute atomic E-state index is 11.7. The average Bonchev–Trinajstić information content (AvgIpc) is 2.59. The Morgan fingerprint density at radius 1 is 1.59 bits per heavy atom. The van der Waals surface area contributed by atoms with E-state index in [0.717, 1.165) is 15.6 Å². The molecule has 0 aliphatic carbocycles. The molecule has 0 saturated carbocycles. The number of Topliss-reactive ketones (excluding diaryl/α,β-unsaturated/α-hetero) is 1. The Kier molecular flexibility index (Phi) is 5.30. The third-order valence-electron chi connectivity index (χ3n) is 2.18. The van der Waals surface area contributed by atoms with Gasteiger partial charge >= 0.3 is 0 Å². The van der Waals surface area contributed by atoms with Gasteiger partial charge in [-0.3, -0.25) is 4.79 Å². The molecule has 0 spiro atoms. The van der Waals surface area contributed by atoms with E-state index in [1.165, 1.54) is 11.3 Å². The molecule has 4 nitrogen and oxygen atoms in total. The van der Waals surface area contributed by atoms with Gasteiger partial charge < -0.3 is 5.73 Å². The van der Waals surface area contributed by atoms with E-state index in [1.807, 2.05) is 11.4 Å². The van der Waals surface area contributed by atoms with E-state index in [2.05, 4.69) is 15.9 Å². The number of halogens is 1. The zero-order valence-corrected chi connectivity index (χ0v) is 12.6. The fraction of sp³-hybridized carbons (Fsp3) is 0.500. The van der Waals surface area contributed by atoms with Crippen LogP contribution in [0.4, 0.5) is 0 Å². The van der Waals surface area contributed by atoms with Crippen molar-refractivity contribution in [2.45, 2.75) is 18.9 Å². The number of thiophene rings is 1. The van der Waals surface area contributed by atoms with Gasteiger partial charge in [-0.1, -0.05) is 0 Å². The SMILES string of the molecule is CS(=O)(=O)CCC(N)C(=O)Cc1cc(Br)cs1. The lowest BCUT2D eigenvalue weighted by molar-refractivity contribution is -0.119. The first-order valence-electron chi connectivity index (χ1n) is 4.97. The quantitative estimate of drug-likeness (QED) is 0.849. The van der Waals surface area contributed by atoms with Crippen molar-refractivity contribution in [2.75, 3.05) is 12.0 Å². The van der Waals surface area contributed by atoms with Gasteiger partial charge in [0, 0.05) is 27.4 Å². The first-order valence-corrected chi connectivity index (χ1v) is 8.70. The lowest BCUT2D eigenvalue weighted by Gasteiger charge is -2.08. The van der Waals surface area contributed by atoms with Gasteiger partial charge in [0.05, 0.1) is 11.8 Å². The van der Waals surface area contributed by atoms with E-state index in [-0.39, 0.29) is 24.4 Å². The zero-order valence-electron chi connectivity index (χ0n) is 9.35. The molecule has 1 unspecified atom stereocenters. The van der Waals surface area contributed by atoms with Crippen LogP contribution < -0.4 is 5.73 Å². The van der Waals surface area contributed by atoms with Crippen molar-refractivity contribution in [2.24, 2.45) is 5.73 Å². The van der Waals surface area contributed by atoms with E-state index in [0.29, 0.717) is 0 Å². The van der Waals surface area contributed by atoms with E-state index in [1.54, 1.807) is 0 Å². The Morgan fingerprint density at radius 2 is 2.24 bits per heavy atom.